The number of nitrogens with one attached hydrogen (secondary N) is 1. The molecule has 35 heavy (non-hydrogen) atoms. The summed E-state index contributed by atoms with van der Waals surface area (Å²) >= 11 is 0. The van der Waals surface area contributed by atoms with Crippen molar-refractivity contribution in [3.8, 4) is 17.2 Å². The molecule has 8 nitrogen and oxygen atoms in total. The van der Waals surface area contributed by atoms with Gasteiger partial charge >= 0.3 is 5.97 Å². The average Bonchev–Trinajstić information content (AvgIpc) is 2.85. The molecule has 0 aliphatic rings. The second kappa shape index (κ2) is 9.60. The zero-order valence-corrected chi connectivity index (χ0v) is 20.4. The van der Waals surface area contributed by atoms with Crippen LogP contribution < -0.4 is 29.8 Å². The average molecular weight is 475 g/mol. The van der Waals surface area contributed by atoms with Crippen molar-refractivity contribution in [1.29, 1.82) is 0 Å². The highest BCUT2D eigenvalue weighted by molar-refractivity contribution is 6.14. The van der Waals surface area contributed by atoms with Gasteiger partial charge < -0.3 is 25.3 Å². The molecule has 1 heterocycles. The van der Waals surface area contributed by atoms with Crippen LogP contribution in [0.3, 0.4) is 0 Å². The largest absolute Gasteiger partial charge is 0.497 e. The third-order valence-corrected chi connectivity index (χ3v) is 6.05. The number of nitrogens with zero attached hydrogens (tertiary/aromatic N) is 1. The predicted molar refractivity (Wildman–Crippen MR) is 133 cm³/mol. The molecule has 8 heteroatoms. The van der Waals surface area contributed by atoms with E-state index < -0.39 is 5.97 Å². The van der Waals surface area contributed by atoms with E-state index in [9.17, 15) is 9.59 Å². The number of fused-ring (bicyclic) bond motifs is 2. The predicted octanol–water partition coefficient (Wildman–Crippen LogP) is 3.32. The Labute approximate surface area is 203 Å². The van der Waals surface area contributed by atoms with Gasteiger partial charge in [0.25, 0.3) is 5.91 Å². The maximum absolute atomic E-state index is 13.8. The van der Waals surface area contributed by atoms with Crippen molar-refractivity contribution in [3.63, 3.8) is 0 Å². The van der Waals surface area contributed by atoms with E-state index in [1.54, 1.807) is 40.2 Å². The second-order valence-electron chi connectivity index (χ2n) is 8.24. The molecule has 1 aromatic heterocycles. The van der Waals surface area contributed by atoms with Crippen LogP contribution in [0.4, 0.5) is 0 Å². The van der Waals surface area contributed by atoms with Crippen LogP contribution in [0.5, 0.6) is 17.2 Å². The summed E-state index contributed by atoms with van der Waals surface area (Å²) in [6.07, 6.45) is 0. The fraction of sp³-hybridized carbons (Fsp3) is 0.222. The molecule has 1 amide bonds. The van der Waals surface area contributed by atoms with Crippen molar-refractivity contribution < 1.29 is 28.4 Å². The van der Waals surface area contributed by atoms with E-state index >= 15 is 0 Å². The summed E-state index contributed by atoms with van der Waals surface area (Å²) in [5.41, 5.74) is 9.28. The lowest BCUT2D eigenvalue weighted by molar-refractivity contribution is -0.617. The van der Waals surface area contributed by atoms with Crippen LogP contribution in [-0.4, -0.2) is 32.8 Å². The number of hydrogen-bond donors (Lipinski definition) is 2. The van der Waals surface area contributed by atoms with Gasteiger partial charge in [-0.25, -0.2) is 4.79 Å². The number of ether oxygens (including phenoxy) is 3. The zero-order valence-electron chi connectivity index (χ0n) is 20.4. The van der Waals surface area contributed by atoms with Gasteiger partial charge in [-0.05, 0) is 61.4 Å². The van der Waals surface area contributed by atoms with Gasteiger partial charge in [-0.3, -0.25) is 4.79 Å². The summed E-state index contributed by atoms with van der Waals surface area (Å²) in [5.74, 6) is 0.836. The lowest BCUT2D eigenvalue weighted by atomic mass is 10.0. The summed E-state index contributed by atoms with van der Waals surface area (Å²) in [6, 6.07) is 14.5. The van der Waals surface area contributed by atoms with Gasteiger partial charge in [0.05, 0.1) is 37.2 Å². The lowest BCUT2D eigenvalue weighted by Gasteiger charge is -2.15. The Hall–Kier alpha value is -4.17. The molecule has 3 N–H and O–H groups in total. The van der Waals surface area contributed by atoms with E-state index in [0.717, 1.165) is 11.0 Å². The number of benzene rings is 3. The topological polar surface area (TPSA) is 104 Å². The molecule has 180 valence electrons. The Morgan fingerprint density at radius 1 is 0.886 bits per heavy atom. The standard InChI is InChI=1S/C27H27N3O5/c1-15-10-17(26(31)29-14-28)11-16(2)25(15)35-27(32)24-20-12-18(33-4)6-8-22(20)30(3)23-9-7-19(34-5)13-21(23)24/h6-13H,14,28H2,1-5H3/p+1. The van der Waals surface area contributed by atoms with Crippen LogP contribution >= 0.6 is 0 Å². The molecule has 4 aromatic rings. The van der Waals surface area contributed by atoms with Gasteiger partial charge in [0.2, 0.25) is 11.0 Å². The fourth-order valence-corrected chi connectivity index (χ4v) is 4.35. The molecular formula is C27H28N3O5+. The molecule has 0 saturated heterocycles. The van der Waals surface area contributed by atoms with Gasteiger partial charge in [0.15, 0.2) is 0 Å². The number of carbonyl (C=O) groups is 2. The third-order valence-electron chi connectivity index (χ3n) is 6.05. The van der Waals surface area contributed by atoms with Crippen LogP contribution in [0, 0.1) is 13.8 Å². The van der Waals surface area contributed by atoms with Gasteiger partial charge in [-0.2, -0.15) is 4.57 Å². The number of aromatic nitrogens is 1. The summed E-state index contributed by atoms with van der Waals surface area (Å²) in [4.78, 5) is 26.0. The Bertz CT molecular complexity index is 1390. The van der Waals surface area contributed by atoms with Crippen LogP contribution in [0.25, 0.3) is 21.8 Å². The maximum Gasteiger partial charge on any atom is 0.345 e. The van der Waals surface area contributed by atoms with E-state index in [-0.39, 0.29) is 12.6 Å². The molecule has 0 aliphatic heterocycles. The van der Waals surface area contributed by atoms with E-state index in [1.807, 2.05) is 48.0 Å². The van der Waals surface area contributed by atoms with Crippen molar-refractivity contribution in [1.82, 2.24) is 5.32 Å². The molecule has 0 unspecified atom stereocenters. The smallest absolute Gasteiger partial charge is 0.345 e. The molecule has 0 radical (unpaired) electrons. The molecule has 0 bridgehead atoms. The third kappa shape index (κ3) is 4.36. The Balaban J connectivity index is 1.90. The van der Waals surface area contributed by atoms with E-state index in [1.165, 1.54) is 0 Å². The maximum atomic E-state index is 13.8. The number of esters is 1. The molecule has 4 rings (SSSR count). The van der Waals surface area contributed by atoms with Crippen molar-refractivity contribution in [2.75, 3.05) is 20.9 Å². The summed E-state index contributed by atoms with van der Waals surface area (Å²) in [5, 5.41) is 3.95. The highest BCUT2D eigenvalue weighted by Gasteiger charge is 2.26. The highest BCUT2D eigenvalue weighted by Crippen LogP contribution is 2.32. The number of amides is 1. The van der Waals surface area contributed by atoms with E-state index in [2.05, 4.69) is 5.32 Å². The Morgan fingerprint density at radius 2 is 1.40 bits per heavy atom. The van der Waals surface area contributed by atoms with Crippen molar-refractivity contribution >= 4 is 33.7 Å². The summed E-state index contributed by atoms with van der Waals surface area (Å²) < 4.78 is 18.9. The molecule has 0 saturated carbocycles. The molecule has 0 spiro atoms. The first kappa shape index (κ1) is 24.0. The molecule has 0 fully saturated rings. The van der Waals surface area contributed by atoms with E-state index in [0.29, 0.717) is 50.3 Å². The van der Waals surface area contributed by atoms with Crippen molar-refractivity contribution in [3.05, 3.63) is 70.8 Å². The van der Waals surface area contributed by atoms with Gasteiger partial charge in [-0.1, -0.05) is 0 Å². The van der Waals surface area contributed by atoms with Crippen LogP contribution in [0.2, 0.25) is 0 Å². The van der Waals surface area contributed by atoms with Crippen molar-refractivity contribution in [2.45, 2.75) is 13.8 Å². The first-order valence-corrected chi connectivity index (χ1v) is 11.1. The SMILES string of the molecule is COc1ccc2c(c1)c(C(=O)Oc1c(C)cc(C(=O)NCN)cc1C)c1cc(OC)ccc1[n+]2C. The minimum absolute atomic E-state index is 0.0339. The number of hydrogen-bond acceptors (Lipinski definition) is 6. The second-order valence-corrected chi connectivity index (χ2v) is 8.24. The quantitative estimate of drug-likeness (QED) is 0.146. The van der Waals surface area contributed by atoms with Gasteiger partial charge in [-0.15, -0.1) is 0 Å². The number of pyridine rings is 1. The Kier molecular flexibility index (Phi) is 6.57. The zero-order chi connectivity index (χ0) is 25.3. The number of carbonyl (C=O) groups excluding carboxylic acids is 2. The molecule has 3 aromatic carbocycles. The van der Waals surface area contributed by atoms with Crippen molar-refractivity contribution in [2.24, 2.45) is 12.8 Å². The minimum atomic E-state index is -0.521. The van der Waals surface area contributed by atoms with Gasteiger partial charge in [0, 0.05) is 17.7 Å². The number of nitrogens with two attached hydrogens (primary N) is 1. The summed E-state index contributed by atoms with van der Waals surface area (Å²) in [6.45, 7) is 3.62. The lowest BCUT2D eigenvalue weighted by Crippen LogP contribution is -2.31. The highest BCUT2D eigenvalue weighted by atomic mass is 16.5. The number of methoxy groups -OCH3 is 2. The van der Waals surface area contributed by atoms with Crippen LogP contribution in [0.1, 0.15) is 31.8 Å². The molecular weight excluding hydrogens is 446 g/mol. The normalized spacial score (nSPS) is 10.9. The Morgan fingerprint density at radius 3 is 1.86 bits per heavy atom. The minimum Gasteiger partial charge on any atom is -0.497 e. The van der Waals surface area contributed by atoms with Crippen LogP contribution in [-0.2, 0) is 7.05 Å². The fourth-order valence-electron chi connectivity index (χ4n) is 4.35. The first-order valence-electron chi connectivity index (χ1n) is 11.1. The first-order chi connectivity index (χ1) is 16.8. The summed E-state index contributed by atoms with van der Waals surface area (Å²) in [7, 11) is 5.11. The van der Waals surface area contributed by atoms with E-state index in [4.69, 9.17) is 19.9 Å². The monoisotopic (exact) mass is 474 g/mol. The van der Waals surface area contributed by atoms with Gasteiger partial charge in [0.1, 0.15) is 24.3 Å². The molecule has 0 aliphatic carbocycles. The number of rotatable bonds is 6. The molecule has 0 atom stereocenters. The number of aryl methyl sites for hydroxylation is 3. The van der Waals surface area contributed by atoms with Crippen LogP contribution in [0.15, 0.2) is 48.5 Å².